The quantitative estimate of drug-likeness (QED) is 0.806. The molecule has 0 radical (unpaired) electrons. The van der Waals surface area contributed by atoms with Gasteiger partial charge >= 0.3 is 0 Å². The lowest BCUT2D eigenvalue weighted by Gasteiger charge is -2.33. The molecule has 4 heteroatoms. The minimum Gasteiger partial charge on any atom is -0.338 e. The first-order valence-corrected chi connectivity index (χ1v) is 8.28. The first-order valence-electron chi connectivity index (χ1n) is 8.28. The second kappa shape index (κ2) is 7.41. The number of hydrogen-bond acceptors (Lipinski definition) is 3. The Morgan fingerprint density at radius 3 is 2.35 bits per heavy atom. The van der Waals surface area contributed by atoms with Crippen LogP contribution in [0.15, 0.2) is 0 Å². The number of rotatable bonds is 6. The van der Waals surface area contributed by atoms with Crippen molar-refractivity contribution < 1.29 is 4.79 Å². The van der Waals surface area contributed by atoms with Crippen molar-refractivity contribution in [1.82, 2.24) is 9.80 Å². The van der Waals surface area contributed by atoms with Crippen LogP contribution in [0, 0.1) is 11.8 Å². The molecule has 116 valence electrons. The highest BCUT2D eigenvalue weighted by Crippen LogP contribution is 2.34. The van der Waals surface area contributed by atoms with Crippen LogP contribution in [0.3, 0.4) is 0 Å². The van der Waals surface area contributed by atoms with Gasteiger partial charge in [-0.2, -0.15) is 0 Å². The number of amides is 1. The molecule has 20 heavy (non-hydrogen) atoms. The molecule has 1 amide bonds. The number of nitrogens with two attached hydrogens (primary N) is 1. The Morgan fingerprint density at radius 1 is 1.05 bits per heavy atom. The Labute approximate surface area is 123 Å². The Balaban J connectivity index is 2.02. The summed E-state index contributed by atoms with van der Waals surface area (Å²) in [7, 11) is 4.16. The normalized spacial score (nSPS) is 27.4. The van der Waals surface area contributed by atoms with Crippen molar-refractivity contribution in [3.8, 4) is 0 Å². The summed E-state index contributed by atoms with van der Waals surface area (Å²) in [5.74, 6) is 1.01. The maximum absolute atomic E-state index is 13.0. The van der Waals surface area contributed by atoms with Crippen molar-refractivity contribution in [3.05, 3.63) is 0 Å². The number of carbonyl (C=O) groups excluding carboxylic acids is 1. The van der Waals surface area contributed by atoms with Crippen molar-refractivity contribution in [1.29, 1.82) is 0 Å². The topological polar surface area (TPSA) is 49.6 Å². The van der Waals surface area contributed by atoms with Gasteiger partial charge in [-0.3, -0.25) is 4.79 Å². The van der Waals surface area contributed by atoms with E-state index in [1.165, 1.54) is 32.1 Å². The van der Waals surface area contributed by atoms with E-state index in [9.17, 15) is 4.79 Å². The lowest BCUT2D eigenvalue weighted by Crippen LogP contribution is -2.46. The monoisotopic (exact) mass is 281 g/mol. The molecule has 2 fully saturated rings. The van der Waals surface area contributed by atoms with Gasteiger partial charge in [0.1, 0.15) is 0 Å². The third kappa shape index (κ3) is 3.73. The van der Waals surface area contributed by atoms with Crippen LogP contribution in [0.1, 0.15) is 44.9 Å². The van der Waals surface area contributed by atoms with Crippen LogP contribution in [0.25, 0.3) is 0 Å². The molecule has 0 heterocycles. The van der Waals surface area contributed by atoms with Crippen molar-refractivity contribution in [2.45, 2.75) is 51.0 Å². The number of likely N-dealkylation sites (N-methyl/N-ethyl adjacent to an activating group) is 1. The van der Waals surface area contributed by atoms with Crippen LogP contribution >= 0.6 is 0 Å². The fourth-order valence-electron chi connectivity index (χ4n) is 3.85. The minimum absolute atomic E-state index is 0.197. The molecule has 0 aromatic heterocycles. The van der Waals surface area contributed by atoms with Gasteiger partial charge in [-0.25, -0.2) is 0 Å². The first-order chi connectivity index (χ1) is 9.63. The van der Waals surface area contributed by atoms with Crippen LogP contribution in [-0.4, -0.2) is 55.5 Å². The molecule has 0 bridgehead atoms. The summed E-state index contributed by atoms with van der Waals surface area (Å²) in [6, 6.07) is 0.487. The summed E-state index contributed by atoms with van der Waals surface area (Å²) >= 11 is 0. The standard InChI is InChI=1S/C16H31N3O/c1-18(2)10-11-19(14-7-3-4-8-14)16(20)15-9-5-6-13(15)12-17/h13-15H,3-12,17H2,1-2H3. The Hall–Kier alpha value is -0.610. The molecular weight excluding hydrogens is 250 g/mol. The molecule has 0 spiro atoms. The Bertz CT molecular complexity index is 313. The van der Waals surface area contributed by atoms with Gasteiger partial charge in [0.25, 0.3) is 0 Å². The van der Waals surface area contributed by atoms with Gasteiger partial charge in [0.2, 0.25) is 5.91 Å². The van der Waals surface area contributed by atoms with Crippen LogP contribution in [0.2, 0.25) is 0 Å². The van der Waals surface area contributed by atoms with Gasteiger partial charge in [0.15, 0.2) is 0 Å². The van der Waals surface area contributed by atoms with Crippen molar-refractivity contribution in [3.63, 3.8) is 0 Å². The third-order valence-corrected chi connectivity index (χ3v) is 5.12. The summed E-state index contributed by atoms with van der Waals surface area (Å²) < 4.78 is 0. The lowest BCUT2D eigenvalue weighted by atomic mass is 9.94. The molecule has 2 aliphatic carbocycles. The van der Waals surface area contributed by atoms with Crippen LogP contribution in [0.5, 0.6) is 0 Å². The van der Waals surface area contributed by atoms with E-state index in [4.69, 9.17) is 5.73 Å². The first kappa shape index (κ1) is 15.8. The molecule has 4 nitrogen and oxygen atoms in total. The van der Waals surface area contributed by atoms with Gasteiger partial charge < -0.3 is 15.5 Å². The Kier molecular flexibility index (Phi) is 5.85. The SMILES string of the molecule is CN(C)CCN(C(=O)C1CCCC1CN)C1CCCC1. The largest absolute Gasteiger partial charge is 0.338 e. The van der Waals surface area contributed by atoms with E-state index < -0.39 is 0 Å². The molecule has 0 aromatic carbocycles. The van der Waals surface area contributed by atoms with E-state index >= 15 is 0 Å². The second-order valence-electron chi connectivity index (χ2n) is 6.81. The highest BCUT2D eigenvalue weighted by Gasteiger charge is 2.37. The smallest absolute Gasteiger partial charge is 0.226 e. The highest BCUT2D eigenvalue weighted by atomic mass is 16.2. The number of hydrogen-bond donors (Lipinski definition) is 1. The van der Waals surface area contributed by atoms with Gasteiger partial charge in [0, 0.05) is 25.0 Å². The fraction of sp³-hybridized carbons (Fsp3) is 0.938. The highest BCUT2D eigenvalue weighted by molar-refractivity contribution is 5.80. The van der Waals surface area contributed by atoms with E-state index in [-0.39, 0.29) is 5.92 Å². The van der Waals surface area contributed by atoms with Gasteiger partial charge in [-0.15, -0.1) is 0 Å². The van der Waals surface area contributed by atoms with Crippen LogP contribution in [-0.2, 0) is 4.79 Å². The molecule has 2 rings (SSSR count). The molecule has 0 aliphatic heterocycles. The molecule has 2 aliphatic rings. The molecule has 2 atom stereocenters. The van der Waals surface area contributed by atoms with E-state index in [2.05, 4.69) is 23.9 Å². The average Bonchev–Trinajstić information content (AvgIpc) is 3.09. The van der Waals surface area contributed by atoms with E-state index in [1.807, 2.05) is 0 Å². The van der Waals surface area contributed by atoms with E-state index in [1.54, 1.807) is 0 Å². The fourth-order valence-corrected chi connectivity index (χ4v) is 3.85. The molecule has 2 saturated carbocycles. The summed E-state index contributed by atoms with van der Waals surface area (Å²) in [5.41, 5.74) is 5.86. The summed E-state index contributed by atoms with van der Waals surface area (Å²) in [5, 5.41) is 0. The zero-order valence-corrected chi connectivity index (χ0v) is 13.2. The van der Waals surface area contributed by atoms with E-state index in [0.717, 1.165) is 25.9 Å². The van der Waals surface area contributed by atoms with E-state index in [0.29, 0.717) is 24.4 Å². The zero-order chi connectivity index (χ0) is 14.5. The molecule has 0 saturated heterocycles. The summed E-state index contributed by atoms with van der Waals surface area (Å²) in [6.07, 6.45) is 8.30. The predicted molar refractivity (Wildman–Crippen MR) is 82.4 cm³/mol. The maximum Gasteiger partial charge on any atom is 0.226 e. The molecular formula is C16H31N3O. The average molecular weight is 281 g/mol. The van der Waals surface area contributed by atoms with Crippen molar-refractivity contribution >= 4 is 5.91 Å². The number of carbonyl (C=O) groups is 1. The molecule has 2 N–H and O–H groups in total. The van der Waals surface area contributed by atoms with Gasteiger partial charge in [-0.05, 0) is 52.2 Å². The predicted octanol–water partition coefficient (Wildman–Crippen LogP) is 1.69. The number of nitrogens with zero attached hydrogens (tertiary/aromatic N) is 2. The van der Waals surface area contributed by atoms with Crippen LogP contribution < -0.4 is 5.73 Å². The summed E-state index contributed by atoms with van der Waals surface area (Å²) in [6.45, 7) is 2.51. The van der Waals surface area contributed by atoms with Gasteiger partial charge in [0.05, 0.1) is 0 Å². The maximum atomic E-state index is 13.0. The molecule has 2 unspecified atom stereocenters. The second-order valence-corrected chi connectivity index (χ2v) is 6.81. The third-order valence-electron chi connectivity index (χ3n) is 5.12. The van der Waals surface area contributed by atoms with Crippen molar-refractivity contribution in [2.24, 2.45) is 17.6 Å². The summed E-state index contributed by atoms with van der Waals surface area (Å²) in [4.78, 5) is 17.3. The zero-order valence-electron chi connectivity index (χ0n) is 13.2. The van der Waals surface area contributed by atoms with Gasteiger partial charge in [-0.1, -0.05) is 19.3 Å². The van der Waals surface area contributed by atoms with Crippen LogP contribution in [0.4, 0.5) is 0 Å². The van der Waals surface area contributed by atoms with Crippen molar-refractivity contribution in [2.75, 3.05) is 33.7 Å². The molecule has 0 aromatic rings. The minimum atomic E-state index is 0.197. The Morgan fingerprint density at radius 2 is 1.75 bits per heavy atom. The lowest BCUT2D eigenvalue weighted by molar-refractivity contribution is -0.139.